The van der Waals surface area contributed by atoms with Crippen molar-refractivity contribution < 1.29 is 18.7 Å². The molecule has 0 fully saturated rings. The molecule has 1 rings (SSSR count). The Morgan fingerprint density at radius 2 is 2.11 bits per heavy atom. The molecular weight excluding hydrogens is 261 g/mol. The van der Waals surface area contributed by atoms with Gasteiger partial charge in [0.05, 0.1) is 20.1 Å². The number of methoxy groups -OCH3 is 1. The Morgan fingerprint density at radius 1 is 1.44 bits per heavy atom. The van der Waals surface area contributed by atoms with E-state index < -0.39 is 17.8 Å². The average Bonchev–Trinajstić information content (AvgIpc) is 2.28. The highest BCUT2D eigenvalue weighted by molar-refractivity contribution is 5.85. The van der Waals surface area contributed by atoms with Crippen LogP contribution in [0.5, 0.6) is 5.75 Å². The van der Waals surface area contributed by atoms with Crippen LogP contribution < -0.4 is 10.5 Å². The van der Waals surface area contributed by atoms with Crippen LogP contribution in [-0.2, 0) is 9.53 Å². The van der Waals surface area contributed by atoms with E-state index in [9.17, 15) is 9.18 Å². The molecular formula is C12H17ClFNO3. The fourth-order valence-corrected chi connectivity index (χ4v) is 1.43. The largest absolute Gasteiger partial charge is 0.497 e. The number of carbonyl (C=O) groups is 1. The van der Waals surface area contributed by atoms with Crippen molar-refractivity contribution in [2.75, 3.05) is 13.7 Å². The van der Waals surface area contributed by atoms with E-state index in [2.05, 4.69) is 0 Å². The molecule has 0 bridgehead atoms. The van der Waals surface area contributed by atoms with Crippen molar-refractivity contribution in [2.24, 2.45) is 5.73 Å². The lowest BCUT2D eigenvalue weighted by atomic mass is 10.0. The normalized spacial score (nSPS) is 11.3. The van der Waals surface area contributed by atoms with Crippen LogP contribution >= 0.6 is 12.4 Å². The Morgan fingerprint density at radius 3 is 2.67 bits per heavy atom. The van der Waals surface area contributed by atoms with Crippen LogP contribution in [0.2, 0.25) is 0 Å². The van der Waals surface area contributed by atoms with Crippen LogP contribution in [0.4, 0.5) is 4.39 Å². The molecule has 0 aliphatic rings. The summed E-state index contributed by atoms with van der Waals surface area (Å²) in [6.07, 6.45) is 0.0143. The highest BCUT2D eigenvalue weighted by atomic mass is 35.5. The molecule has 1 unspecified atom stereocenters. The van der Waals surface area contributed by atoms with Crippen LogP contribution in [0.1, 0.15) is 24.9 Å². The predicted molar refractivity (Wildman–Crippen MR) is 68.4 cm³/mol. The van der Waals surface area contributed by atoms with Gasteiger partial charge in [0.2, 0.25) is 0 Å². The highest BCUT2D eigenvalue weighted by Gasteiger charge is 2.14. The summed E-state index contributed by atoms with van der Waals surface area (Å²) in [6.45, 7) is 2.02. The van der Waals surface area contributed by atoms with E-state index >= 15 is 0 Å². The summed E-state index contributed by atoms with van der Waals surface area (Å²) in [5.74, 6) is -0.471. The standard InChI is InChI=1S/C12H16FNO3.ClH/c1-3-17-12(15)7-11(14)8-4-9(13)6-10(5-8)16-2;/h4-6,11H,3,7,14H2,1-2H3;1H. The molecule has 18 heavy (non-hydrogen) atoms. The molecule has 1 aromatic rings. The van der Waals surface area contributed by atoms with Crippen molar-refractivity contribution in [3.8, 4) is 5.75 Å². The molecule has 0 saturated heterocycles. The summed E-state index contributed by atoms with van der Waals surface area (Å²) in [6, 6.07) is 3.54. The van der Waals surface area contributed by atoms with Gasteiger partial charge in [-0.15, -0.1) is 12.4 Å². The third-order valence-electron chi connectivity index (χ3n) is 2.25. The molecule has 0 amide bonds. The quantitative estimate of drug-likeness (QED) is 0.838. The number of carbonyl (C=O) groups excluding carboxylic acids is 1. The molecule has 0 heterocycles. The van der Waals surface area contributed by atoms with E-state index in [1.165, 1.54) is 19.2 Å². The minimum atomic E-state index is -0.598. The Balaban J connectivity index is 0.00000289. The molecule has 0 spiro atoms. The monoisotopic (exact) mass is 277 g/mol. The third-order valence-corrected chi connectivity index (χ3v) is 2.25. The number of ether oxygens (including phenoxy) is 2. The van der Waals surface area contributed by atoms with Crippen LogP contribution in [0.25, 0.3) is 0 Å². The Labute approximate surface area is 112 Å². The minimum absolute atomic E-state index is 0. The smallest absolute Gasteiger partial charge is 0.307 e. The summed E-state index contributed by atoms with van der Waals surface area (Å²) in [5.41, 5.74) is 6.30. The van der Waals surface area contributed by atoms with Crippen molar-refractivity contribution >= 4 is 18.4 Å². The molecule has 1 aromatic carbocycles. The van der Waals surface area contributed by atoms with Gasteiger partial charge in [0.25, 0.3) is 0 Å². The van der Waals surface area contributed by atoms with Crippen LogP contribution in [0.3, 0.4) is 0 Å². The number of benzene rings is 1. The van der Waals surface area contributed by atoms with Gasteiger partial charge in [0, 0.05) is 12.1 Å². The van der Waals surface area contributed by atoms with Gasteiger partial charge in [-0.3, -0.25) is 4.79 Å². The maximum atomic E-state index is 13.2. The first kappa shape index (κ1) is 16.7. The van der Waals surface area contributed by atoms with E-state index in [-0.39, 0.29) is 18.8 Å². The van der Waals surface area contributed by atoms with Crippen LogP contribution in [0, 0.1) is 5.82 Å². The molecule has 0 aliphatic carbocycles. The maximum Gasteiger partial charge on any atom is 0.307 e. The molecule has 102 valence electrons. The summed E-state index contributed by atoms with van der Waals surface area (Å²) in [5, 5.41) is 0. The summed E-state index contributed by atoms with van der Waals surface area (Å²) in [4.78, 5) is 11.2. The van der Waals surface area contributed by atoms with Crippen molar-refractivity contribution in [3.05, 3.63) is 29.6 Å². The second-order valence-electron chi connectivity index (χ2n) is 3.54. The average molecular weight is 278 g/mol. The first-order valence-corrected chi connectivity index (χ1v) is 5.32. The molecule has 0 aromatic heterocycles. The maximum absolute atomic E-state index is 13.2. The summed E-state index contributed by atoms with van der Waals surface area (Å²) >= 11 is 0. The number of halogens is 2. The van der Waals surface area contributed by atoms with E-state index in [0.717, 1.165) is 0 Å². The van der Waals surface area contributed by atoms with Gasteiger partial charge in [-0.1, -0.05) is 0 Å². The van der Waals surface area contributed by atoms with Gasteiger partial charge in [-0.2, -0.15) is 0 Å². The summed E-state index contributed by atoms with van der Waals surface area (Å²) < 4.78 is 22.9. The first-order chi connectivity index (χ1) is 8.06. The fraction of sp³-hybridized carbons (Fsp3) is 0.417. The lowest BCUT2D eigenvalue weighted by Crippen LogP contribution is -2.17. The Kier molecular flexibility index (Phi) is 7.31. The third kappa shape index (κ3) is 4.89. The number of nitrogens with two attached hydrogens (primary N) is 1. The molecule has 0 saturated carbocycles. The van der Waals surface area contributed by atoms with Crippen molar-refractivity contribution in [1.29, 1.82) is 0 Å². The lowest BCUT2D eigenvalue weighted by molar-refractivity contribution is -0.143. The van der Waals surface area contributed by atoms with Gasteiger partial charge >= 0.3 is 5.97 Å². The van der Waals surface area contributed by atoms with Gasteiger partial charge < -0.3 is 15.2 Å². The number of rotatable bonds is 5. The van der Waals surface area contributed by atoms with Crippen LogP contribution in [-0.4, -0.2) is 19.7 Å². The molecule has 0 aliphatic heterocycles. The van der Waals surface area contributed by atoms with E-state index in [1.54, 1.807) is 13.0 Å². The molecule has 4 nitrogen and oxygen atoms in total. The van der Waals surface area contributed by atoms with Gasteiger partial charge in [-0.25, -0.2) is 4.39 Å². The van der Waals surface area contributed by atoms with Crippen molar-refractivity contribution in [1.82, 2.24) is 0 Å². The highest BCUT2D eigenvalue weighted by Crippen LogP contribution is 2.22. The molecule has 1 atom stereocenters. The second kappa shape index (κ2) is 7.89. The van der Waals surface area contributed by atoms with Crippen LogP contribution in [0.15, 0.2) is 18.2 Å². The minimum Gasteiger partial charge on any atom is -0.497 e. The topological polar surface area (TPSA) is 61.5 Å². The van der Waals surface area contributed by atoms with E-state index in [4.69, 9.17) is 15.2 Å². The number of hydrogen-bond acceptors (Lipinski definition) is 4. The number of hydrogen-bond donors (Lipinski definition) is 1. The molecule has 6 heteroatoms. The van der Waals surface area contributed by atoms with Gasteiger partial charge in [0.1, 0.15) is 11.6 Å². The fourth-order valence-electron chi connectivity index (χ4n) is 1.43. The zero-order valence-electron chi connectivity index (χ0n) is 10.3. The molecule has 2 N–H and O–H groups in total. The zero-order chi connectivity index (χ0) is 12.8. The SMILES string of the molecule is CCOC(=O)CC(N)c1cc(F)cc(OC)c1.Cl. The van der Waals surface area contributed by atoms with Crippen molar-refractivity contribution in [3.63, 3.8) is 0 Å². The van der Waals surface area contributed by atoms with Crippen molar-refractivity contribution in [2.45, 2.75) is 19.4 Å². The van der Waals surface area contributed by atoms with E-state index in [1.807, 2.05) is 0 Å². The van der Waals surface area contributed by atoms with E-state index in [0.29, 0.717) is 17.9 Å². The van der Waals surface area contributed by atoms with Gasteiger partial charge in [-0.05, 0) is 24.6 Å². The zero-order valence-corrected chi connectivity index (χ0v) is 11.1. The predicted octanol–water partition coefficient (Wildman–Crippen LogP) is 2.21. The first-order valence-electron chi connectivity index (χ1n) is 5.32. The van der Waals surface area contributed by atoms with Gasteiger partial charge in [0.15, 0.2) is 0 Å². The Hall–Kier alpha value is -1.33. The molecule has 0 radical (unpaired) electrons. The summed E-state index contributed by atoms with van der Waals surface area (Å²) in [7, 11) is 1.44. The second-order valence-corrected chi connectivity index (χ2v) is 3.54. The Bertz CT molecular complexity index is 401. The lowest BCUT2D eigenvalue weighted by Gasteiger charge is -2.12. The number of esters is 1.